The SMILES string of the molecule is CN(C)/C=N/c1nc2c(ncn2C2OC(CO)C(N)C2O)c(=O)[nH]1. The van der Waals surface area contributed by atoms with E-state index in [9.17, 15) is 15.0 Å². The van der Waals surface area contributed by atoms with Crippen LogP contribution in [0.3, 0.4) is 0 Å². The van der Waals surface area contributed by atoms with Crippen LogP contribution in [0.4, 0.5) is 5.95 Å². The van der Waals surface area contributed by atoms with Crippen LogP contribution < -0.4 is 11.3 Å². The molecule has 0 aliphatic carbocycles. The number of aliphatic hydroxyl groups is 2. The zero-order chi connectivity index (χ0) is 17.4. The Bertz CT molecular complexity index is 814. The van der Waals surface area contributed by atoms with Crippen molar-refractivity contribution in [1.29, 1.82) is 0 Å². The highest BCUT2D eigenvalue weighted by molar-refractivity contribution is 5.71. The molecule has 24 heavy (non-hydrogen) atoms. The lowest BCUT2D eigenvalue weighted by atomic mass is 10.1. The highest BCUT2D eigenvalue weighted by Gasteiger charge is 2.42. The van der Waals surface area contributed by atoms with E-state index in [0.717, 1.165) is 0 Å². The van der Waals surface area contributed by atoms with Crippen molar-refractivity contribution < 1.29 is 14.9 Å². The Balaban J connectivity index is 2.05. The first-order valence-electron chi connectivity index (χ1n) is 7.29. The Kier molecular flexibility index (Phi) is 4.32. The fraction of sp³-hybridized carbons (Fsp3) is 0.538. The summed E-state index contributed by atoms with van der Waals surface area (Å²) >= 11 is 0. The minimum Gasteiger partial charge on any atom is -0.394 e. The van der Waals surface area contributed by atoms with Gasteiger partial charge in [0.1, 0.15) is 12.2 Å². The largest absolute Gasteiger partial charge is 0.394 e. The summed E-state index contributed by atoms with van der Waals surface area (Å²) in [5.74, 6) is 0.0958. The van der Waals surface area contributed by atoms with Crippen LogP contribution in [0.1, 0.15) is 6.23 Å². The molecule has 1 fully saturated rings. The molecule has 4 atom stereocenters. The van der Waals surface area contributed by atoms with Crippen molar-refractivity contribution in [2.45, 2.75) is 24.5 Å². The summed E-state index contributed by atoms with van der Waals surface area (Å²) in [4.78, 5) is 28.6. The lowest BCUT2D eigenvalue weighted by Crippen LogP contribution is -2.41. The van der Waals surface area contributed by atoms with Crippen molar-refractivity contribution in [2.24, 2.45) is 10.7 Å². The summed E-state index contributed by atoms with van der Waals surface area (Å²) < 4.78 is 6.98. The van der Waals surface area contributed by atoms with E-state index in [-0.39, 0.29) is 23.7 Å². The van der Waals surface area contributed by atoms with Crippen LogP contribution in [0.25, 0.3) is 11.2 Å². The Morgan fingerprint density at radius 1 is 1.58 bits per heavy atom. The van der Waals surface area contributed by atoms with Crippen molar-refractivity contribution in [1.82, 2.24) is 24.4 Å². The predicted molar refractivity (Wildman–Crippen MR) is 85.0 cm³/mol. The number of nitrogens with one attached hydrogen (secondary N) is 1. The number of hydrogen-bond donors (Lipinski definition) is 4. The zero-order valence-electron chi connectivity index (χ0n) is 13.2. The highest BCUT2D eigenvalue weighted by atomic mass is 16.5. The minimum atomic E-state index is -1.07. The summed E-state index contributed by atoms with van der Waals surface area (Å²) in [6.45, 7) is -0.326. The minimum absolute atomic E-state index is 0.0932. The number of ether oxygens (including phenoxy) is 1. The van der Waals surface area contributed by atoms with Gasteiger partial charge in [0.05, 0.1) is 25.3 Å². The molecule has 130 valence electrons. The monoisotopic (exact) mass is 337 g/mol. The quantitative estimate of drug-likeness (QED) is 0.366. The molecule has 1 saturated heterocycles. The molecule has 0 radical (unpaired) electrons. The maximum atomic E-state index is 12.1. The summed E-state index contributed by atoms with van der Waals surface area (Å²) in [6.07, 6.45) is 0.142. The van der Waals surface area contributed by atoms with E-state index in [1.54, 1.807) is 19.0 Å². The molecule has 0 bridgehead atoms. The lowest BCUT2D eigenvalue weighted by Gasteiger charge is -2.16. The van der Waals surface area contributed by atoms with E-state index in [2.05, 4.69) is 19.9 Å². The standard InChI is InChI=1S/C13H19N7O4/c1-19(2)4-16-13-17-10-8(11(23)18-13)15-5-20(10)12-9(22)7(14)6(3-21)24-12/h4-7,9,12,21-22H,3,14H2,1-2H3,(H,17,18,23)/b16-4+. The van der Waals surface area contributed by atoms with E-state index in [1.807, 2.05) is 0 Å². The number of hydrogen-bond acceptors (Lipinski definition) is 8. The van der Waals surface area contributed by atoms with Crippen molar-refractivity contribution in [2.75, 3.05) is 20.7 Å². The molecule has 0 saturated carbocycles. The van der Waals surface area contributed by atoms with Gasteiger partial charge in [-0.1, -0.05) is 0 Å². The Morgan fingerprint density at radius 3 is 2.96 bits per heavy atom. The Hall–Kier alpha value is -2.34. The normalized spacial score (nSPS) is 27.4. The first-order valence-corrected chi connectivity index (χ1v) is 7.29. The van der Waals surface area contributed by atoms with Crippen LogP contribution in [-0.4, -0.2) is 79.9 Å². The molecular weight excluding hydrogens is 318 g/mol. The number of aliphatic hydroxyl groups excluding tert-OH is 2. The fourth-order valence-corrected chi connectivity index (χ4v) is 2.49. The summed E-state index contributed by atoms with van der Waals surface area (Å²) in [7, 11) is 3.56. The maximum absolute atomic E-state index is 12.1. The van der Waals surface area contributed by atoms with Gasteiger partial charge in [0.15, 0.2) is 17.4 Å². The number of imidazole rings is 1. The first-order chi connectivity index (χ1) is 11.4. The molecule has 1 aliphatic rings. The zero-order valence-corrected chi connectivity index (χ0v) is 13.2. The van der Waals surface area contributed by atoms with Crippen LogP contribution in [0, 0.1) is 0 Å². The third-order valence-electron chi connectivity index (χ3n) is 3.71. The van der Waals surface area contributed by atoms with Crippen molar-refractivity contribution in [3.05, 3.63) is 16.7 Å². The van der Waals surface area contributed by atoms with Gasteiger partial charge in [0.2, 0.25) is 5.95 Å². The lowest BCUT2D eigenvalue weighted by molar-refractivity contribution is -0.0488. The highest BCUT2D eigenvalue weighted by Crippen LogP contribution is 2.29. The van der Waals surface area contributed by atoms with E-state index in [4.69, 9.17) is 10.5 Å². The molecule has 3 rings (SSSR count). The second-order valence-electron chi connectivity index (χ2n) is 5.74. The molecule has 0 aromatic carbocycles. The number of H-pyrrole nitrogens is 1. The number of aromatic nitrogens is 4. The summed E-state index contributed by atoms with van der Waals surface area (Å²) in [5.41, 5.74) is 5.67. The van der Waals surface area contributed by atoms with E-state index >= 15 is 0 Å². The van der Waals surface area contributed by atoms with Crippen molar-refractivity contribution in [3.63, 3.8) is 0 Å². The first kappa shape index (κ1) is 16.5. The molecule has 1 aliphatic heterocycles. The molecule has 0 spiro atoms. The van der Waals surface area contributed by atoms with Gasteiger partial charge in [-0.2, -0.15) is 4.98 Å². The fourth-order valence-electron chi connectivity index (χ4n) is 2.49. The predicted octanol–water partition coefficient (Wildman–Crippen LogP) is -2.08. The molecular formula is C13H19N7O4. The number of aromatic amines is 1. The van der Waals surface area contributed by atoms with Crippen molar-refractivity contribution in [3.8, 4) is 0 Å². The van der Waals surface area contributed by atoms with Gasteiger partial charge in [-0.15, -0.1) is 0 Å². The molecule has 0 amide bonds. The Labute approximate surface area is 136 Å². The number of aliphatic imine (C=N–C) groups is 1. The van der Waals surface area contributed by atoms with Gasteiger partial charge in [-0.3, -0.25) is 14.3 Å². The van der Waals surface area contributed by atoms with Crippen molar-refractivity contribution >= 4 is 23.5 Å². The average molecular weight is 337 g/mol. The van der Waals surface area contributed by atoms with Gasteiger partial charge < -0.3 is 25.6 Å². The molecule has 2 aromatic heterocycles. The summed E-state index contributed by atoms with van der Waals surface area (Å²) in [6, 6.07) is -0.759. The van der Waals surface area contributed by atoms with E-state index in [1.165, 1.54) is 17.2 Å². The third-order valence-corrected chi connectivity index (χ3v) is 3.71. The van der Waals surface area contributed by atoms with E-state index in [0.29, 0.717) is 0 Å². The van der Waals surface area contributed by atoms with Crippen LogP contribution >= 0.6 is 0 Å². The maximum Gasteiger partial charge on any atom is 0.280 e. The molecule has 3 heterocycles. The van der Waals surface area contributed by atoms with Crippen LogP contribution in [0.5, 0.6) is 0 Å². The number of rotatable bonds is 4. The number of fused-ring (bicyclic) bond motifs is 1. The topological polar surface area (TPSA) is 155 Å². The molecule has 2 aromatic rings. The van der Waals surface area contributed by atoms with Gasteiger partial charge in [0, 0.05) is 14.1 Å². The van der Waals surface area contributed by atoms with Gasteiger partial charge >= 0.3 is 0 Å². The third kappa shape index (κ3) is 2.78. The van der Waals surface area contributed by atoms with Crippen LogP contribution in [0.2, 0.25) is 0 Å². The number of nitrogens with zero attached hydrogens (tertiary/aromatic N) is 5. The second kappa shape index (κ2) is 6.28. The summed E-state index contributed by atoms with van der Waals surface area (Å²) in [5, 5.41) is 19.5. The van der Waals surface area contributed by atoms with E-state index < -0.39 is 30.0 Å². The molecule has 11 nitrogen and oxygen atoms in total. The van der Waals surface area contributed by atoms with Gasteiger partial charge in [-0.05, 0) is 0 Å². The van der Waals surface area contributed by atoms with Crippen LogP contribution in [-0.2, 0) is 4.74 Å². The second-order valence-corrected chi connectivity index (χ2v) is 5.74. The van der Waals surface area contributed by atoms with Gasteiger partial charge in [-0.25, -0.2) is 9.98 Å². The van der Waals surface area contributed by atoms with Gasteiger partial charge in [0.25, 0.3) is 5.56 Å². The Morgan fingerprint density at radius 2 is 2.33 bits per heavy atom. The number of nitrogens with two attached hydrogens (primary N) is 1. The smallest absolute Gasteiger partial charge is 0.280 e. The molecule has 5 N–H and O–H groups in total. The molecule has 11 heteroatoms. The van der Waals surface area contributed by atoms with Crippen LogP contribution in [0.15, 0.2) is 16.1 Å². The molecule has 4 unspecified atom stereocenters. The average Bonchev–Trinajstić information content (AvgIpc) is 3.08.